The van der Waals surface area contributed by atoms with Crippen molar-refractivity contribution in [3.63, 3.8) is 0 Å². The molecular formula is C14H28N2O4. The summed E-state index contributed by atoms with van der Waals surface area (Å²) in [4.78, 5) is 22.5. The molecule has 0 amide bonds. The van der Waals surface area contributed by atoms with Gasteiger partial charge in [0, 0.05) is 0 Å². The molecule has 2 atom stereocenters. The first-order valence-electron chi connectivity index (χ1n) is 7.46. The minimum absolute atomic E-state index is 0.519. The number of hydrogen-bond donors (Lipinski definition) is 4. The molecule has 0 aliphatic heterocycles. The molecule has 0 radical (unpaired) electrons. The van der Waals surface area contributed by atoms with Gasteiger partial charge in [-0.15, -0.1) is 0 Å². The van der Waals surface area contributed by atoms with E-state index in [1.807, 2.05) is 0 Å². The maximum Gasteiger partial charge on any atom is 0.322 e. The molecule has 20 heavy (non-hydrogen) atoms. The lowest BCUT2D eigenvalue weighted by molar-refractivity contribution is -0.148. The minimum Gasteiger partial charge on any atom is -0.480 e. The zero-order valence-electron chi connectivity index (χ0n) is 12.5. The first-order valence-corrected chi connectivity index (χ1v) is 7.46. The molecule has 0 aromatic heterocycles. The number of aliphatic carboxylic acids is 2. The van der Waals surface area contributed by atoms with Crippen LogP contribution in [0.4, 0.5) is 0 Å². The fourth-order valence-electron chi connectivity index (χ4n) is 1.96. The van der Waals surface area contributed by atoms with Crippen molar-refractivity contribution in [2.75, 3.05) is 13.1 Å². The Labute approximate surface area is 120 Å². The van der Waals surface area contributed by atoms with E-state index in [-0.39, 0.29) is 0 Å². The Morgan fingerprint density at radius 3 is 1.40 bits per heavy atom. The van der Waals surface area contributed by atoms with Crippen molar-refractivity contribution < 1.29 is 19.8 Å². The van der Waals surface area contributed by atoms with Crippen LogP contribution in [0.1, 0.15) is 52.4 Å². The average Bonchev–Trinajstić information content (AvgIpc) is 2.39. The number of nitrogens with one attached hydrogen (secondary N) is 2. The summed E-state index contributed by atoms with van der Waals surface area (Å²) in [7, 11) is 0. The van der Waals surface area contributed by atoms with Crippen molar-refractivity contribution in [3.8, 4) is 0 Å². The van der Waals surface area contributed by atoms with Crippen LogP contribution < -0.4 is 10.6 Å². The monoisotopic (exact) mass is 288 g/mol. The molecule has 0 rings (SSSR count). The highest BCUT2D eigenvalue weighted by Gasteiger charge is 2.32. The van der Waals surface area contributed by atoms with E-state index < -0.39 is 24.0 Å². The van der Waals surface area contributed by atoms with Crippen molar-refractivity contribution in [3.05, 3.63) is 0 Å². The Balaban J connectivity index is 4.37. The second-order valence-electron chi connectivity index (χ2n) is 4.95. The smallest absolute Gasteiger partial charge is 0.322 e. The third kappa shape index (κ3) is 8.12. The summed E-state index contributed by atoms with van der Waals surface area (Å²) in [6, 6.07) is -2.18. The highest BCUT2D eigenvalue weighted by atomic mass is 16.4. The summed E-state index contributed by atoms with van der Waals surface area (Å²) < 4.78 is 0. The van der Waals surface area contributed by atoms with Crippen LogP contribution in [0.15, 0.2) is 0 Å². The molecule has 0 heterocycles. The standard InChI is InChI=1S/C14H28N2O4/c1-3-5-7-9-15-11(13(17)18)12(14(19)20)16-10-8-6-4-2/h11-12,15-16H,3-10H2,1-2H3,(H,17,18)(H,19,20). The molecule has 0 spiro atoms. The maximum absolute atomic E-state index is 11.2. The zero-order chi connectivity index (χ0) is 15.4. The summed E-state index contributed by atoms with van der Waals surface area (Å²) in [5.74, 6) is -2.26. The van der Waals surface area contributed by atoms with Crippen molar-refractivity contribution in [2.45, 2.75) is 64.5 Å². The molecular weight excluding hydrogens is 260 g/mol. The van der Waals surface area contributed by atoms with E-state index >= 15 is 0 Å². The number of hydrogen-bond acceptors (Lipinski definition) is 4. The van der Waals surface area contributed by atoms with Gasteiger partial charge in [-0.3, -0.25) is 9.59 Å². The molecule has 118 valence electrons. The Bertz CT molecular complexity index is 256. The van der Waals surface area contributed by atoms with Crippen LogP contribution in [0.2, 0.25) is 0 Å². The molecule has 2 unspecified atom stereocenters. The number of unbranched alkanes of at least 4 members (excludes halogenated alkanes) is 4. The Morgan fingerprint density at radius 2 is 1.15 bits per heavy atom. The van der Waals surface area contributed by atoms with E-state index in [0.29, 0.717) is 13.1 Å². The summed E-state index contributed by atoms with van der Waals surface area (Å²) in [5, 5.41) is 24.0. The zero-order valence-corrected chi connectivity index (χ0v) is 12.5. The van der Waals surface area contributed by atoms with Gasteiger partial charge in [0.15, 0.2) is 0 Å². The van der Waals surface area contributed by atoms with Gasteiger partial charge in [0.1, 0.15) is 12.1 Å². The summed E-state index contributed by atoms with van der Waals surface area (Å²) in [6.45, 7) is 5.16. The SMILES string of the molecule is CCCCCNC(C(=O)O)C(NCCCCC)C(=O)O. The van der Waals surface area contributed by atoms with Gasteiger partial charge < -0.3 is 20.8 Å². The van der Waals surface area contributed by atoms with Gasteiger partial charge in [-0.05, 0) is 25.9 Å². The summed E-state index contributed by atoms with van der Waals surface area (Å²) in [5.41, 5.74) is 0. The van der Waals surface area contributed by atoms with Gasteiger partial charge in [0.2, 0.25) is 0 Å². The molecule has 0 aliphatic rings. The van der Waals surface area contributed by atoms with Crippen LogP contribution >= 0.6 is 0 Å². The van der Waals surface area contributed by atoms with Gasteiger partial charge in [-0.1, -0.05) is 39.5 Å². The van der Waals surface area contributed by atoms with Crippen molar-refractivity contribution in [1.29, 1.82) is 0 Å². The summed E-state index contributed by atoms with van der Waals surface area (Å²) in [6.07, 6.45) is 5.78. The van der Waals surface area contributed by atoms with Gasteiger partial charge >= 0.3 is 11.9 Å². The molecule has 6 nitrogen and oxygen atoms in total. The van der Waals surface area contributed by atoms with Gasteiger partial charge in [0.25, 0.3) is 0 Å². The number of carbonyl (C=O) groups is 2. The highest BCUT2D eigenvalue weighted by molar-refractivity contribution is 5.85. The fourth-order valence-corrected chi connectivity index (χ4v) is 1.96. The van der Waals surface area contributed by atoms with E-state index in [1.54, 1.807) is 0 Å². The minimum atomic E-state index is -1.13. The quantitative estimate of drug-likeness (QED) is 0.383. The lowest BCUT2D eigenvalue weighted by Gasteiger charge is -2.22. The molecule has 0 saturated carbocycles. The molecule has 0 fully saturated rings. The van der Waals surface area contributed by atoms with Crippen LogP contribution in [-0.2, 0) is 9.59 Å². The van der Waals surface area contributed by atoms with Gasteiger partial charge in [0.05, 0.1) is 0 Å². The van der Waals surface area contributed by atoms with E-state index in [9.17, 15) is 19.8 Å². The fraction of sp³-hybridized carbons (Fsp3) is 0.857. The molecule has 0 aliphatic carbocycles. The molecule has 0 aromatic carbocycles. The van der Waals surface area contributed by atoms with Crippen molar-refractivity contribution >= 4 is 11.9 Å². The molecule has 4 N–H and O–H groups in total. The second-order valence-corrected chi connectivity index (χ2v) is 4.95. The average molecular weight is 288 g/mol. The normalized spacial score (nSPS) is 13.9. The van der Waals surface area contributed by atoms with Crippen molar-refractivity contribution in [1.82, 2.24) is 10.6 Å². The number of rotatable bonds is 13. The van der Waals surface area contributed by atoms with Crippen LogP contribution in [0.25, 0.3) is 0 Å². The first kappa shape index (κ1) is 18.9. The van der Waals surface area contributed by atoms with Crippen molar-refractivity contribution in [2.24, 2.45) is 0 Å². The number of carboxylic acid groups (broad SMARTS) is 2. The first-order chi connectivity index (χ1) is 9.54. The lowest BCUT2D eigenvalue weighted by Crippen LogP contribution is -2.56. The predicted octanol–water partition coefficient (Wildman–Crippen LogP) is 1.45. The molecule has 0 bridgehead atoms. The maximum atomic E-state index is 11.2. The second kappa shape index (κ2) is 11.7. The van der Waals surface area contributed by atoms with E-state index in [2.05, 4.69) is 24.5 Å². The van der Waals surface area contributed by atoms with E-state index in [0.717, 1.165) is 38.5 Å². The molecule has 0 aromatic rings. The lowest BCUT2D eigenvalue weighted by atomic mass is 10.1. The molecule has 0 saturated heterocycles. The van der Waals surface area contributed by atoms with Crippen LogP contribution in [0, 0.1) is 0 Å². The third-order valence-electron chi connectivity index (χ3n) is 3.15. The highest BCUT2D eigenvalue weighted by Crippen LogP contribution is 2.00. The Kier molecular flexibility index (Phi) is 11.0. The Morgan fingerprint density at radius 1 is 0.800 bits per heavy atom. The predicted molar refractivity (Wildman–Crippen MR) is 77.9 cm³/mol. The largest absolute Gasteiger partial charge is 0.480 e. The van der Waals surface area contributed by atoms with Crippen LogP contribution in [-0.4, -0.2) is 47.3 Å². The third-order valence-corrected chi connectivity index (χ3v) is 3.15. The summed E-state index contributed by atoms with van der Waals surface area (Å²) >= 11 is 0. The van der Waals surface area contributed by atoms with Crippen LogP contribution in [0.3, 0.4) is 0 Å². The van der Waals surface area contributed by atoms with Gasteiger partial charge in [-0.2, -0.15) is 0 Å². The number of carboxylic acids is 2. The molecule has 6 heteroatoms. The van der Waals surface area contributed by atoms with E-state index in [4.69, 9.17) is 0 Å². The van der Waals surface area contributed by atoms with E-state index in [1.165, 1.54) is 0 Å². The topological polar surface area (TPSA) is 98.7 Å². The van der Waals surface area contributed by atoms with Gasteiger partial charge in [-0.25, -0.2) is 0 Å². The van der Waals surface area contributed by atoms with Crippen LogP contribution in [0.5, 0.6) is 0 Å². The Hall–Kier alpha value is -1.14.